The third-order valence-electron chi connectivity index (χ3n) is 12.4. The van der Waals surface area contributed by atoms with Gasteiger partial charge in [-0.3, -0.25) is 19.2 Å². The highest BCUT2D eigenvalue weighted by molar-refractivity contribution is 6.01. The van der Waals surface area contributed by atoms with Gasteiger partial charge in [-0.25, -0.2) is 4.39 Å². The number of rotatable bonds is 5. The Morgan fingerprint density at radius 2 is 1.04 bits per heavy atom. The molecule has 0 saturated carbocycles. The molecule has 8 atom stereocenters. The van der Waals surface area contributed by atoms with Crippen molar-refractivity contribution in [1.82, 2.24) is 20.4 Å². The SMILES string of the molecule is O=C1NC(Cc2ccccc2)C(=O)N2C1CC1(C34CC5C(=O)NC(Cc6ccccc6F)C(=O)N5C3Nc3ccccc34)c3ccccc3NC21. The van der Waals surface area contributed by atoms with Crippen LogP contribution in [0.3, 0.4) is 0 Å². The van der Waals surface area contributed by atoms with Crippen molar-refractivity contribution in [3.05, 3.63) is 131 Å². The fraction of sp³-hybridized carbons (Fsp3) is 0.300. The van der Waals surface area contributed by atoms with Crippen LogP contribution >= 0.6 is 0 Å². The van der Waals surface area contributed by atoms with Gasteiger partial charge in [-0.05, 0) is 53.3 Å². The van der Waals surface area contributed by atoms with E-state index in [1.54, 1.807) is 28.0 Å². The summed E-state index contributed by atoms with van der Waals surface area (Å²) in [6.07, 6.45) is -0.398. The van der Waals surface area contributed by atoms with Crippen LogP contribution in [0.25, 0.3) is 0 Å². The third kappa shape index (κ3) is 3.91. The van der Waals surface area contributed by atoms with E-state index in [2.05, 4.69) is 27.3 Å². The standard InChI is InChI=1S/C40H35FN6O4/c41-26-15-7-4-12-23(26)19-30-36(51)47-32(34(49)43-30)21-40(25-14-6-9-17-28(25)45-38(40)47)39-20-31-33(48)42-29(18-22-10-2-1-3-11-22)35(50)46(31)37(39)44-27-16-8-5-13-24(27)39/h1-17,29-32,37-38,44-45H,18-21H2,(H,42,48)(H,43,49). The zero-order valence-electron chi connectivity index (χ0n) is 27.5. The number of anilines is 2. The van der Waals surface area contributed by atoms with Crippen molar-refractivity contribution in [2.75, 3.05) is 10.6 Å². The van der Waals surface area contributed by atoms with Crippen LogP contribution in [0.4, 0.5) is 15.8 Å². The molecule has 256 valence electrons. The van der Waals surface area contributed by atoms with Gasteiger partial charge in [-0.15, -0.1) is 0 Å². The molecule has 4 fully saturated rings. The molecule has 6 heterocycles. The van der Waals surface area contributed by atoms with Gasteiger partial charge in [0.2, 0.25) is 23.6 Å². The van der Waals surface area contributed by atoms with Crippen molar-refractivity contribution in [1.29, 1.82) is 0 Å². The normalized spacial score (nSPS) is 32.5. The molecule has 0 aliphatic carbocycles. The van der Waals surface area contributed by atoms with Crippen molar-refractivity contribution < 1.29 is 23.6 Å². The molecule has 4 N–H and O–H groups in total. The highest BCUT2D eigenvalue weighted by Crippen LogP contribution is 2.68. The lowest BCUT2D eigenvalue weighted by molar-refractivity contribution is -0.149. The lowest BCUT2D eigenvalue weighted by Crippen LogP contribution is -2.67. The number of halogens is 1. The first-order chi connectivity index (χ1) is 24.8. The predicted molar refractivity (Wildman–Crippen MR) is 186 cm³/mol. The quantitative estimate of drug-likeness (QED) is 0.257. The number of benzene rings is 4. The summed E-state index contributed by atoms with van der Waals surface area (Å²) in [5.41, 5.74) is 3.00. The lowest BCUT2D eigenvalue weighted by Gasteiger charge is -2.48. The summed E-state index contributed by atoms with van der Waals surface area (Å²) in [7, 11) is 0. The Bertz CT molecular complexity index is 2160. The molecule has 51 heavy (non-hydrogen) atoms. The van der Waals surface area contributed by atoms with E-state index in [1.807, 2.05) is 72.8 Å². The van der Waals surface area contributed by atoms with Gasteiger partial charge < -0.3 is 31.1 Å². The van der Waals surface area contributed by atoms with Gasteiger partial charge >= 0.3 is 0 Å². The molecular weight excluding hydrogens is 647 g/mol. The van der Waals surface area contributed by atoms with Crippen LogP contribution in [0, 0.1) is 5.82 Å². The molecule has 4 amide bonds. The zero-order chi connectivity index (χ0) is 34.6. The zero-order valence-corrected chi connectivity index (χ0v) is 27.5. The summed E-state index contributed by atoms with van der Waals surface area (Å²) in [5, 5.41) is 13.3. The minimum absolute atomic E-state index is 0.0125. The van der Waals surface area contributed by atoms with Crippen molar-refractivity contribution in [3.63, 3.8) is 0 Å². The number of hydrogen-bond donors (Lipinski definition) is 4. The molecule has 0 bridgehead atoms. The molecule has 4 saturated heterocycles. The first-order valence-corrected chi connectivity index (χ1v) is 17.6. The molecule has 11 heteroatoms. The van der Waals surface area contributed by atoms with Gasteiger partial charge in [0, 0.05) is 24.2 Å². The van der Waals surface area contributed by atoms with Gasteiger partial charge in [0.15, 0.2) is 0 Å². The molecule has 6 aliphatic rings. The molecule has 0 aromatic heterocycles. The summed E-state index contributed by atoms with van der Waals surface area (Å²) in [6.45, 7) is 0. The van der Waals surface area contributed by atoms with Crippen molar-refractivity contribution in [2.24, 2.45) is 0 Å². The van der Waals surface area contributed by atoms with Gasteiger partial charge in [0.1, 0.15) is 42.3 Å². The minimum atomic E-state index is -0.963. The number of carbonyl (C=O) groups excluding carboxylic acids is 4. The van der Waals surface area contributed by atoms with Crippen LogP contribution in [-0.4, -0.2) is 69.9 Å². The first kappa shape index (κ1) is 30.1. The Kier molecular flexibility index (Phi) is 6.29. The number of hydrogen-bond acceptors (Lipinski definition) is 6. The van der Waals surface area contributed by atoms with E-state index in [0.29, 0.717) is 18.4 Å². The average molecular weight is 683 g/mol. The maximum Gasteiger partial charge on any atom is 0.247 e. The molecule has 10 nitrogen and oxygen atoms in total. The monoisotopic (exact) mass is 682 g/mol. The number of para-hydroxylation sites is 2. The number of fused-ring (bicyclic) bond motifs is 11. The van der Waals surface area contributed by atoms with Crippen LogP contribution in [0.15, 0.2) is 103 Å². The summed E-state index contributed by atoms with van der Waals surface area (Å²) in [6, 6.07) is 28.5. The van der Waals surface area contributed by atoms with E-state index < -0.39 is 53.1 Å². The van der Waals surface area contributed by atoms with Crippen molar-refractivity contribution >= 4 is 35.0 Å². The Labute approximate surface area is 293 Å². The molecule has 0 spiro atoms. The van der Waals surface area contributed by atoms with Crippen molar-refractivity contribution in [3.8, 4) is 0 Å². The number of nitrogens with one attached hydrogen (secondary N) is 4. The van der Waals surface area contributed by atoms with Gasteiger partial charge in [-0.2, -0.15) is 0 Å². The van der Waals surface area contributed by atoms with Crippen LogP contribution in [0.1, 0.15) is 35.1 Å². The molecular formula is C40H35FN6O4. The van der Waals surface area contributed by atoms with Gasteiger partial charge in [0.25, 0.3) is 0 Å². The Balaban J connectivity index is 1.12. The van der Waals surface area contributed by atoms with Crippen LogP contribution < -0.4 is 21.3 Å². The van der Waals surface area contributed by atoms with Crippen LogP contribution in [0.5, 0.6) is 0 Å². The van der Waals surface area contributed by atoms with E-state index in [1.165, 1.54) is 6.07 Å². The number of amides is 4. The fourth-order valence-electron chi connectivity index (χ4n) is 10.4. The van der Waals surface area contributed by atoms with Gasteiger partial charge in [-0.1, -0.05) is 84.9 Å². The largest absolute Gasteiger partial charge is 0.364 e. The second-order valence-electron chi connectivity index (χ2n) is 14.7. The number of carbonyl (C=O) groups is 4. The topological polar surface area (TPSA) is 123 Å². The third-order valence-corrected chi connectivity index (χ3v) is 12.4. The maximum atomic E-state index is 14.8. The van der Waals surface area contributed by atoms with E-state index in [-0.39, 0.29) is 36.5 Å². The minimum Gasteiger partial charge on any atom is -0.364 e. The van der Waals surface area contributed by atoms with Crippen LogP contribution in [0.2, 0.25) is 0 Å². The average Bonchev–Trinajstić information content (AvgIpc) is 3.85. The highest BCUT2D eigenvalue weighted by atomic mass is 19.1. The summed E-state index contributed by atoms with van der Waals surface area (Å²) < 4.78 is 14.8. The summed E-state index contributed by atoms with van der Waals surface area (Å²) >= 11 is 0. The van der Waals surface area contributed by atoms with Gasteiger partial charge in [0.05, 0.1) is 10.8 Å². The molecule has 10 rings (SSSR count). The first-order valence-electron chi connectivity index (χ1n) is 17.6. The Morgan fingerprint density at radius 1 is 0.569 bits per heavy atom. The second-order valence-corrected chi connectivity index (χ2v) is 14.7. The smallest absolute Gasteiger partial charge is 0.247 e. The highest BCUT2D eigenvalue weighted by Gasteiger charge is 2.78. The molecule has 8 unspecified atom stereocenters. The molecule has 4 aromatic carbocycles. The van der Waals surface area contributed by atoms with E-state index >= 15 is 0 Å². The van der Waals surface area contributed by atoms with Crippen LogP contribution in [-0.2, 0) is 42.8 Å². The second kappa shape index (κ2) is 10.6. The molecule has 0 radical (unpaired) electrons. The maximum absolute atomic E-state index is 14.8. The van der Waals surface area contributed by atoms with E-state index in [4.69, 9.17) is 0 Å². The molecule has 6 aliphatic heterocycles. The number of nitrogens with zero attached hydrogens (tertiary/aromatic N) is 2. The Hall–Kier alpha value is -5.71. The Morgan fingerprint density at radius 3 is 1.59 bits per heavy atom. The fourth-order valence-corrected chi connectivity index (χ4v) is 10.4. The van der Waals surface area contributed by atoms with E-state index in [9.17, 15) is 23.6 Å². The number of piperazine rings is 2. The van der Waals surface area contributed by atoms with Crippen molar-refractivity contribution in [2.45, 2.75) is 73.0 Å². The summed E-state index contributed by atoms with van der Waals surface area (Å²) in [5.74, 6) is -1.42. The summed E-state index contributed by atoms with van der Waals surface area (Å²) in [4.78, 5) is 61.0. The lowest BCUT2D eigenvalue weighted by atomic mass is 9.54. The predicted octanol–water partition coefficient (Wildman–Crippen LogP) is 3.19. The molecule has 4 aromatic rings. The van der Waals surface area contributed by atoms with E-state index in [0.717, 1.165) is 28.1 Å².